The fourth-order valence-corrected chi connectivity index (χ4v) is 1.94. The van der Waals surface area contributed by atoms with E-state index in [2.05, 4.69) is 36.1 Å². The number of hydrogen-bond donors (Lipinski definition) is 2. The van der Waals surface area contributed by atoms with Crippen LogP contribution in [0.2, 0.25) is 5.28 Å². The molecule has 0 aliphatic carbocycles. The van der Waals surface area contributed by atoms with Gasteiger partial charge >= 0.3 is 0 Å². The van der Waals surface area contributed by atoms with Gasteiger partial charge in [0, 0.05) is 5.56 Å². The molecule has 102 valence electrons. The fraction of sp³-hybridized carbons (Fsp3) is 0.692. The normalized spacial score (nSPS) is 12.8. The maximum absolute atomic E-state index is 9.35. The predicted molar refractivity (Wildman–Crippen MR) is 75.1 cm³/mol. The van der Waals surface area contributed by atoms with E-state index in [1.807, 2.05) is 6.92 Å². The molecule has 0 saturated carbocycles. The van der Waals surface area contributed by atoms with Gasteiger partial charge in [-0.2, -0.15) is 0 Å². The molecule has 0 fully saturated rings. The zero-order valence-electron chi connectivity index (χ0n) is 11.5. The van der Waals surface area contributed by atoms with Crippen molar-refractivity contribution in [3.8, 4) is 0 Å². The molecule has 0 radical (unpaired) electrons. The molecule has 1 rings (SSSR count). The molecule has 0 amide bonds. The van der Waals surface area contributed by atoms with Crippen LogP contribution in [-0.2, 0) is 6.42 Å². The number of nitrogens with one attached hydrogen (secondary N) is 1. The summed E-state index contributed by atoms with van der Waals surface area (Å²) in [6, 6.07) is -0.0239. The summed E-state index contributed by atoms with van der Waals surface area (Å²) in [5.41, 5.74) is 1.99. The molecule has 1 heterocycles. The highest BCUT2D eigenvalue weighted by Gasteiger charge is 2.16. The SMILES string of the molecule is CCCc1nc(Cl)nc(NC(CO)C(C)C)c1C. The van der Waals surface area contributed by atoms with Crippen molar-refractivity contribution in [2.45, 2.75) is 46.6 Å². The maximum atomic E-state index is 9.35. The molecule has 0 aromatic carbocycles. The second-order valence-electron chi connectivity index (χ2n) is 4.84. The topological polar surface area (TPSA) is 58.0 Å². The molecule has 18 heavy (non-hydrogen) atoms. The van der Waals surface area contributed by atoms with Crippen LogP contribution in [0, 0.1) is 12.8 Å². The largest absolute Gasteiger partial charge is 0.394 e. The molecule has 5 heteroatoms. The van der Waals surface area contributed by atoms with E-state index >= 15 is 0 Å². The average molecular weight is 272 g/mol. The monoisotopic (exact) mass is 271 g/mol. The molecule has 4 nitrogen and oxygen atoms in total. The summed E-state index contributed by atoms with van der Waals surface area (Å²) in [5, 5.41) is 12.9. The first-order chi connectivity index (χ1) is 8.49. The Balaban J connectivity index is 3.00. The molecule has 0 saturated heterocycles. The summed E-state index contributed by atoms with van der Waals surface area (Å²) in [5.74, 6) is 1.05. The Labute approximate surface area is 114 Å². The van der Waals surface area contributed by atoms with Crippen LogP contribution in [0.4, 0.5) is 5.82 Å². The predicted octanol–water partition coefficient (Wildman–Crippen LogP) is 2.82. The maximum Gasteiger partial charge on any atom is 0.224 e. The van der Waals surface area contributed by atoms with Crippen molar-refractivity contribution in [2.24, 2.45) is 5.92 Å². The minimum Gasteiger partial charge on any atom is -0.394 e. The van der Waals surface area contributed by atoms with Crippen LogP contribution in [0.15, 0.2) is 0 Å². The minimum atomic E-state index is -0.0239. The third kappa shape index (κ3) is 3.82. The van der Waals surface area contributed by atoms with Gasteiger partial charge in [-0.15, -0.1) is 0 Å². The van der Waals surface area contributed by atoms with Gasteiger partial charge in [-0.05, 0) is 30.9 Å². The zero-order valence-corrected chi connectivity index (χ0v) is 12.3. The van der Waals surface area contributed by atoms with E-state index in [-0.39, 0.29) is 17.9 Å². The summed E-state index contributed by atoms with van der Waals surface area (Å²) in [4.78, 5) is 8.47. The van der Waals surface area contributed by atoms with E-state index in [1.54, 1.807) is 0 Å². The molecule has 0 aliphatic rings. The van der Waals surface area contributed by atoms with E-state index < -0.39 is 0 Å². The van der Waals surface area contributed by atoms with Crippen molar-refractivity contribution in [3.05, 3.63) is 16.5 Å². The quantitative estimate of drug-likeness (QED) is 0.781. The van der Waals surface area contributed by atoms with Crippen molar-refractivity contribution in [2.75, 3.05) is 11.9 Å². The highest BCUT2D eigenvalue weighted by molar-refractivity contribution is 6.28. The molecule has 1 aromatic heterocycles. The molecule has 0 bridgehead atoms. The summed E-state index contributed by atoms with van der Waals surface area (Å²) >= 11 is 5.94. The highest BCUT2D eigenvalue weighted by Crippen LogP contribution is 2.21. The summed E-state index contributed by atoms with van der Waals surface area (Å²) < 4.78 is 0. The van der Waals surface area contributed by atoms with Gasteiger partial charge in [0.1, 0.15) is 5.82 Å². The van der Waals surface area contributed by atoms with Crippen molar-refractivity contribution in [1.29, 1.82) is 0 Å². The minimum absolute atomic E-state index is 0.0239. The number of rotatable bonds is 6. The van der Waals surface area contributed by atoms with Gasteiger partial charge in [0.05, 0.1) is 18.3 Å². The number of aryl methyl sites for hydroxylation is 1. The van der Waals surface area contributed by atoms with E-state index in [0.29, 0.717) is 5.92 Å². The first kappa shape index (κ1) is 15.2. The molecule has 1 atom stereocenters. The molecule has 1 unspecified atom stereocenters. The Morgan fingerprint density at radius 2 is 2.00 bits per heavy atom. The van der Waals surface area contributed by atoms with Crippen LogP contribution < -0.4 is 5.32 Å². The van der Waals surface area contributed by atoms with Gasteiger partial charge in [0.25, 0.3) is 0 Å². The van der Waals surface area contributed by atoms with Gasteiger partial charge in [-0.25, -0.2) is 9.97 Å². The van der Waals surface area contributed by atoms with Crippen LogP contribution >= 0.6 is 11.6 Å². The first-order valence-corrected chi connectivity index (χ1v) is 6.77. The lowest BCUT2D eigenvalue weighted by Gasteiger charge is -2.22. The number of hydrogen-bond acceptors (Lipinski definition) is 4. The lowest BCUT2D eigenvalue weighted by atomic mass is 10.0. The Bertz CT molecular complexity index is 396. The van der Waals surface area contributed by atoms with E-state index in [4.69, 9.17) is 11.6 Å². The average Bonchev–Trinajstić information content (AvgIpc) is 2.31. The third-order valence-corrected chi connectivity index (χ3v) is 3.20. The second-order valence-corrected chi connectivity index (χ2v) is 5.18. The van der Waals surface area contributed by atoms with Crippen LogP contribution in [0.1, 0.15) is 38.4 Å². The van der Waals surface area contributed by atoms with Crippen LogP contribution in [0.3, 0.4) is 0 Å². The van der Waals surface area contributed by atoms with Gasteiger partial charge < -0.3 is 10.4 Å². The van der Waals surface area contributed by atoms with Crippen molar-refractivity contribution < 1.29 is 5.11 Å². The Morgan fingerprint density at radius 3 is 2.50 bits per heavy atom. The van der Waals surface area contributed by atoms with E-state index in [1.165, 1.54) is 0 Å². The molecular formula is C13H22ClN3O. The first-order valence-electron chi connectivity index (χ1n) is 6.40. The third-order valence-electron chi connectivity index (χ3n) is 3.03. The number of nitrogens with zero attached hydrogens (tertiary/aromatic N) is 2. The molecule has 1 aromatic rings. The van der Waals surface area contributed by atoms with Crippen molar-refractivity contribution in [1.82, 2.24) is 9.97 Å². The summed E-state index contributed by atoms with van der Waals surface area (Å²) in [7, 11) is 0. The second kappa shape index (κ2) is 6.90. The molecule has 2 N–H and O–H groups in total. The molecule has 0 aliphatic heterocycles. The van der Waals surface area contributed by atoms with E-state index in [0.717, 1.165) is 29.9 Å². The number of aliphatic hydroxyl groups is 1. The fourth-order valence-electron chi connectivity index (χ4n) is 1.75. The Kier molecular flexibility index (Phi) is 5.82. The van der Waals surface area contributed by atoms with Crippen LogP contribution in [0.5, 0.6) is 0 Å². The summed E-state index contributed by atoms with van der Waals surface area (Å²) in [6.07, 6.45) is 1.90. The van der Waals surface area contributed by atoms with Gasteiger partial charge in [-0.1, -0.05) is 27.2 Å². The van der Waals surface area contributed by atoms with Gasteiger partial charge in [0.2, 0.25) is 5.28 Å². The lowest BCUT2D eigenvalue weighted by molar-refractivity contribution is 0.249. The zero-order chi connectivity index (χ0) is 13.7. The smallest absolute Gasteiger partial charge is 0.224 e. The Morgan fingerprint density at radius 1 is 1.33 bits per heavy atom. The van der Waals surface area contributed by atoms with Crippen molar-refractivity contribution in [3.63, 3.8) is 0 Å². The van der Waals surface area contributed by atoms with Gasteiger partial charge in [-0.3, -0.25) is 0 Å². The summed E-state index contributed by atoms with van der Waals surface area (Å²) in [6.45, 7) is 8.27. The molecular weight excluding hydrogens is 250 g/mol. The van der Waals surface area contributed by atoms with Crippen LogP contribution in [0.25, 0.3) is 0 Å². The lowest BCUT2D eigenvalue weighted by Crippen LogP contribution is -2.30. The number of aliphatic hydroxyl groups excluding tert-OH is 1. The van der Waals surface area contributed by atoms with Gasteiger partial charge in [0.15, 0.2) is 0 Å². The highest BCUT2D eigenvalue weighted by atomic mass is 35.5. The standard InChI is InChI=1S/C13H22ClN3O/c1-5-6-10-9(4)12(17-13(14)16-10)15-11(7-18)8(2)3/h8,11,18H,5-7H2,1-4H3,(H,15,16,17). The number of aromatic nitrogens is 2. The number of anilines is 1. The van der Waals surface area contributed by atoms with Crippen LogP contribution in [-0.4, -0.2) is 27.7 Å². The van der Waals surface area contributed by atoms with Crippen molar-refractivity contribution >= 4 is 17.4 Å². The molecule has 0 spiro atoms. The van der Waals surface area contributed by atoms with E-state index in [9.17, 15) is 5.11 Å². The Hall–Kier alpha value is -0.870. The number of halogens is 1.